The summed E-state index contributed by atoms with van der Waals surface area (Å²) in [6, 6.07) is 72.5. The Labute approximate surface area is 324 Å². The summed E-state index contributed by atoms with van der Waals surface area (Å²) in [6.07, 6.45) is 0. The maximum atomic E-state index is 5.11. The molecular weight excluding hydrogens is 679 g/mol. The Balaban J connectivity index is 1.06. The minimum atomic E-state index is -0.484. The molecule has 2 aliphatic rings. The summed E-state index contributed by atoms with van der Waals surface area (Å²) in [4.78, 5) is 10.2. The van der Waals surface area contributed by atoms with Gasteiger partial charge in [-0.2, -0.15) is 0 Å². The number of hydrogen-bond donors (Lipinski definition) is 0. The number of hydrogen-bond acceptors (Lipinski definition) is 2. The van der Waals surface area contributed by atoms with E-state index in [1.165, 1.54) is 66.4 Å². The molecule has 0 radical (unpaired) electrons. The monoisotopic (exact) mass is 711 g/mol. The van der Waals surface area contributed by atoms with Crippen molar-refractivity contribution in [3.05, 3.63) is 222 Å². The van der Waals surface area contributed by atoms with Crippen LogP contribution in [-0.2, 0) is 5.41 Å². The Morgan fingerprint density at radius 1 is 0.375 bits per heavy atom. The quantitative estimate of drug-likeness (QED) is 0.182. The molecule has 0 saturated carbocycles. The van der Waals surface area contributed by atoms with E-state index in [0.717, 1.165) is 33.6 Å². The highest BCUT2D eigenvalue weighted by molar-refractivity contribution is 6.13. The van der Waals surface area contributed by atoms with Gasteiger partial charge in [0.1, 0.15) is 0 Å². The van der Waals surface area contributed by atoms with Crippen LogP contribution in [0.3, 0.4) is 0 Å². The number of aromatic nitrogens is 3. The number of para-hydroxylation sites is 3. The maximum absolute atomic E-state index is 5.11. The van der Waals surface area contributed by atoms with E-state index in [0.29, 0.717) is 5.82 Å². The smallest absolute Gasteiger partial charge is 0.160 e. The van der Waals surface area contributed by atoms with Gasteiger partial charge in [0.25, 0.3) is 0 Å². The van der Waals surface area contributed by atoms with Crippen LogP contribution in [-0.4, -0.2) is 14.5 Å². The molecular formula is C53H33N3. The lowest BCUT2D eigenvalue weighted by Gasteiger charge is -2.39. The molecule has 56 heavy (non-hydrogen) atoms. The normalized spacial score (nSPS) is 14.9. The van der Waals surface area contributed by atoms with Crippen LogP contribution in [0.15, 0.2) is 200 Å². The van der Waals surface area contributed by atoms with E-state index in [9.17, 15) is 0 Å². The highest BCUT2D eigenvalue weighted by Gasteiger charge is 2.51. The van der Waals surface area contributed by atoms with Crippen molar-refractivity contribution in [2.75, 3.05) is 0 Å². The summed E-state index contributed by atoms with van der Waals surface area (Å²) in [5, 5.41) is 2.57. The van der Waals surface area contributed by atoms with Crippen LogP contribution in [0.25, 0.3) is 83.6 Å². The van der Waals surface area contributed by atoms with Crippen molar-refractivity contribution in [1.29, 1.82) is 0 Å². The van der Waals surface area contributed by atoms with Gasteiger partial charge in [-0.15, -0.1) is 0 Å². The largest absolute Gasteiger partial charge is 0.309 e. The molecule has 1 atom stereocenters. The molecule has 8 aromatic carbocycles. The van der Waals surface area contributed by atoms with E-state index in [4.69, 9.17) is 9.97 Å². The van der Waals surface area contributed by atoms with Crippen LogP contribution < -0.4 is 0 Å². The molecule has 1 spiro atoms. The molecule has 1 aliphatic heterocycles. The minimum Gasteiger partial charge on any atom is -0.309 e. The van der Waals surface area contributed by atoms with Gasteiger partial charge in [0.05, 0.1) is 33.5 Å². The predicted octanol–water partition coefficient (Wildman–Crippen LogP) is 12.9. The third-order valence-electron chi connectivity index (χ3n) is 12.0. The summed E-state index contributed by atoms with van der Waals surface area (Å²) in [7, 11) is 0. The summed E-state index contributed by atoms with van der Waals surface area (Å²) < 4.78 is 2.50. The van der Waals surface area contributed by atoms with Crippen molar-refractivity contribution in [1.82, 2.24) is 14.5 Å². The van der Waals surface area contributed by atoms with Crippen LogP contribution >= 0.6 is 0 Å². The lowest BCUT2D eigenvalue weighted by molar-refractivity contribution is 0.748. The first-order valence-corrected chi connectivity index (χ1v) is 19.3. The van der Waals surface area contributed by atoms with Crippen molar-refractivity contribution in [3.63, 3.8) is 0 Å². The molecule has 12 rings (SSSR count). The molecule has 10 aromatic rings. The fourth-order valence-corrected chi connectivity index (χ4v) is 9.74. The summed E-state index contributed by atoms with van der Waals surface area (Å²) in [5.74, 6) is 0.710. The van der Waals surface area contributed by atoms with Gasteiger partial charge in [-0.1, -0.05) is 182 Å². The molecule has 0 saturated heterocycles. The first-order valence-electron chi connectivity index (χ1n) is 19.3. The van der Waals surface area contributed by atoms with Gasteiger partial charge >= 0.3 is 0 Å². The molecule has 1 unspecified atom stereocenters. The third-order valence-corrected chi connectivity index (χ3v) is 12.0. The standard InChI is InChI=1S/C53H33N3/c1-3-15-35(16-4-1)46-33-47(36-17-5-2-6-18-36)55-52(54-46)37-31-29-34(30-32-37)38-21-13-25-44-50(38)41-20-7-9-23-42(41)53(44)43-24-10-12-28-49(43)56-48-27-11-8-19-39(48)40-22-14-26-45(53)51(40)56/h1-33H. The molecule has 2 aromatic heterocycles. The Morgan fingerprint density at radius 2 is 0.929 bits per heavy atom. The Hall–Kier alpha value is -7.36. The van der Waals surface area contributed by atoms with Crippen LogP contribution in [0, 0.1) is 0 Å². The molecule has 0 bridgehead atoms. The Kier molecular flexibility index (Phi) is 6.55. The van der Waals surface area contributed by atoms with Crippen LogP contribution in [0.4, 0.5) is 0 Å². The SMILES string of the molecule is c1ccc(-c2cc(-c3ccccc3)nc(-c3ccc(-c4cccc5c4-c4ccccc4C54c5ccccc5-n5c6ccccc6c6cccc4c65)cc3)n2)cc1. The average molecular weight is 712 g/mol. The van der Waals surface area contributed by atoms with Gasteiger partial charge in [-0.25, -0.2) is 9.97 Å². The zero-order chi connectivity index (χ0) is 36.8. The van der Waals surface area contributed by atoms with Crippen molar-refractivity contribution in [2.45, 2.75) is 5.41 Å². The molecule has 0 amide bonds. The molecule has 3 heterocycles. The third kappa shape index (κ3) is 4.22. The molecule has 1 aliphatic carbocycles. The van der Waals surface area contributed by atoms with Gasteiger partial charge < -0.3 is 4.57 Å². The molecule has 3 heteroatoms. The Morgan fingerprint density at radius 3 is 1.70 bits per heavy atom. The summed E-state index contributed by atoms with van der Waals surface area (Å²) in [5.41, 5.74) is 18.5. The second-order valence-electron chi connectivity index (χ2n) is 14.9. The number of nitrogens with zero attached hydrogens (tertiary/aromatic N) is 3. The first kappa shape index (κ1) is 31.0. The van der Waals surface area contributed by atoms with Crippen LogP contribution in [0.2, 0.25) is 0 Å². The van der Waals surface area contributed by atoms with E-state index in [1.807, 2.05) is 12.1 Å². The van der Waals surface area contributed by atoms with Crippen molar-refractivity contribution >= 4 is 21.8 Å². The first-order chi connectivity index (χ1) is 27.8. The van der Waals surface area contributed by atoms with Gasteiger partial charge in [0.15, 0.2) is 5.82 Å². The fraction of sp³-hybridized carbons (Fsp3) is 0.0189. The highest BCUT2D eigenvalue weighted by Crippen LogP contribution is 2.62. The van der Waals surface area contributed by atoms with E-state index < -0.39 is 5.41 Å². The number of rotatable bonds is 4. The van der Waals surface area contributed by atoms with E-state index in [1.54, 1.807) is 0 Å². The minimum absolute atomic E-state index is 0.484. The topological polar surface area (TPSA) is 30.7 Å². The fourth-order valence-electron chi connectivity index (χ4n) is 9.74. The predicted molar refractivity (Wildman–Crippen MR) is 229 cm³/mol. The second kappa shape index (κ2) is 11.8. The zero-order valence-electron chi connectivity index (χ0n) is 30.4. The van der Waals surface area contributed by atoms with Gasteiger partial charge in [-0.3, -0.25) is 0 Å². The van der Waals surface area contributed by atoms with Gasteiger partial charge in [0, 0.05) is 27.5 Å². The van der Waals surface area contributed by atoms with E-state index in [2.05, 4.69) is 193 Å². The molecule has 0 fully saturated rings. The highest BCUT2D eigenvalue weighted by atomic mass is 15.0. The molecule has 260 valence electrons. The zero-order valence-corrected chi connectivity index (χ0v) is 30.4. The number of benzene rings is 8. The van der Waals surface area contributed by atoms with Crippen molar-refractivity contribution < 1.29 is 0 Å². The summed E-state index contributed by atoms with van der Waals surface area (Å²) >= 11 is 0. The van der Waals surface area contributed by atoms with E-state index >= 15 is 0 Å². The Bertz CT molecular complexity index is 3120. The van der Waals surface area contributed by atoms with Crippen LogP contribution in [0.1, 0.15) is 22.3 Å². The number of fused-ring (bicyclic) bond motifs is 12. The van der Waals surface area contributed by atoms with Gasteiger partial charge in [-0.05, 0) is 62.7 Å². The van der Waals surface area contributed by atoms with E-state index in [-0.39, 0.29) is 0 Å². The second-order valence-corrected chi connectivity index (χ2v) is 14.9. The lowest BCUT2D eigenvalue weighted by Crippen LogP contribution is -2.33. The molecule has 0 N–H and O–H groups in total. The average Bonchev–Trinajstić information content (AvgIpc) is 3.78. The van der Waals surface area contributed by atoms with Gasteiger partial charge in [0.2, 0.25) is 0 Å². The lowest BCUT2D eigenvalue weighted by atomic mass is 9.65. The van der Waals surface area contributed by atoms with Crippen molar-refractivity contribution in [3.8, 4) is 61.8 Å². The molecule has 3 nitrogen and oxygen atoms in total. The van der Waals surface area contributed by atoms with Crippen LogP contribution in [0.5, 0.6) is 0 Å². The maximum Gasteiger partial charge on any atom is 0.160 e. The van der Waals surface area contributed by atoms with Crippen molar-refractivity contribution in [2.24, 2.45) is 0 Å². The summed E-state index contributed by atoms with van der Waals surface area (Å²) in [6.45, 7) is 0.